The van der Waals surface area contributed by atoms with E-state index in [1.165, 1.54) is 12.1 Å². The van der Waals surface area contributed by atoms with Crippen LogP contribution in [0, 0.1) is 6.92 Å². The number of nitrogens with one attached hydrogen (secondary N) is 2. The smallest absolute Gasteiger partial charge is 0.549 e. The minimum Gasteiger partial charge on any atom is -0.549 e. The molecule has 1 aromatic rings. The number of rotatable bonds is 5. The minimum absolute atomic E-state index is 0. The summed E-state index contributed by atoms with van der Waals surface area (Å²) < 4.78 is 27.3. The van der Waals surface area contributed by atoms with Crippen LogP contribution in [0.2, 0.25) is 5.02 Å². The van der Waals surface area contributed by atoms with Gasteiger partial charge >= 0.3 is 29.6 Å². The van der Waals surface area contributed by atoms with Crippen LogP contribution < -0.4 is 44.7 Å². The van der Waals surface area contributed by atoms with Crippen molar-refractivity contribution in [3.63, 3.8) is 0 Å². The van der Waals surface area contributed by atoms with Crippen LogP contribution in [0.4, 0.5) is 0 Å². The number of halogens is 1. The van der Waals surface area contributed by atoms with E-state index in [1.807, 2.05) is 0 Å². The number of sulfonamides is 1. The molecular weight excluding hydrogens is 389 g/mol. The largest absolute Gasteiger partial charge is 1.00 e. The van der Waals surface area contributed by atoms with E-state index >= 15 is 0 Å². The average Bonchev–Trinajstić information content (AvgIpc) is 2.91. The van der Waals surface area contributed by atoms with E-state index < -0.39 is 16.0 Å². The van der Waals surface area contributed by atoms with Crippen molar-refractivity contribution in [3.05, 3.63) is 22.7 Å². The molecule has 2 rings (SSSR count). The Hall–Kier alpha value is -0.490. The minimum atomic E-state index is -3.90. The maximum absolute atomic E-state index is 12.5. The van der Waals surface area contributed by atoms with Crippen LogP contribution in [0.5, 0.6) is 0 Å². The van der Waals surface area contributed by atoms with Gasteiger partial charge in [0.15, 0.2) is 0 Å². The molecule has 0 fully saturated rings. The van der Waals surface area contributed by atoms with Gasteiger partial charge in [0.1, 0.15) is 4.90 Å². The van der Waals surface area contributed by atoms with Crippen molar-refractivity contribution in [1.82, 2.24) is 10.0 Å². The van der Waals surface area contributed by atoms with Crippen LogP contribution in [0.15, 0.2) is 26.9 Å². The van der Waals surface area contributed by atoms with Crippen molar-refractivity contribution in [2.24, 2.45) is 4.99 Å². The third-order valence-corrected chi connectivity index (χ3v) is 5.71. The number of carboxylic acids is 1. The Balaban J connectivity index is 0.00000264. The molecular formula is C12H15ClN3NaO5S2. The number of aryl methyl sites for hydroxylation is 1. The molecule has 1 aliphatic heterocycles. The van der Waals surface area contributed by atoms with E-state index in [2.05, 4.69) is 15.0 Å². The summed E-state index contributed by atoms with van der Waals surface area (Å²) in [6.45, 7) is 2.72. The average molecular weight is 404 g/mol. The molecule has 24 heavy (non-hydrogen) atoms. The van der Waals surface area contributed by atoms with Gasteiger partial charge in [0.05, 0.1) is 12.5 Å². The molecule has 1 heterocycles. The first-order valence-electron chi connectivity index (χ1n) is 6.23. The summed E-state index contributed by atoms with van der Waals surface area (Å²) in [5.41, 5.74) is 0.571. The second kappa shape index (κ2) is 9.85. The third-order valence-electron chi connectivity index (χ3n) is 2.77. The van der Waals surface area contributed by atoms with Gasteiger partial charge in [0, 0.05) is 22.2 Å². The van der Waals surface area contributed by atoms with Crippen LogP contribution in [0.3, 0.4) is 0 Å². The van der Waals surface area contributed by atoms with Gasteiger partial charge < -0.3 is 20.7 Å². The fourth-order valence-electron chi connectivity index (χ4n) is 1.74. The summed E-state index contributed by atoms with van der Waals surface area (Å²) in [6, 6.07) is 2.83. The molecule has 0 saturated carbocycles. The van der Waals surface area contributed by atoms with Gasteiger partial charge in [-0.2, -0.15) is 0 Å². The fraction of sp³-hybridized carbons (Fsp3) is 0.333. The van der Waals surface area contributed by atoms with Gasteiger partial charge in [-0.3, -0.25) is 4.99 Å². The first-order chi connectivity index (χ1) is 10.3. The summed E-state index contributed by atoms with van der Waals surface area (Å²) >= 11 is 6.83. The van der Waals surface area contributed by atoms with E-state index in [-0.39, 0.29) is 56.5 Å². The molecule has 12 heteroatoms. The number of carboxylic acid groups (broad SMARTS) is 1. The molecule has 0 amide bonds. The van der Waals surface area contributed by atoms with E-state index in [0.717, 1.165) is 11.8 Å². The van der Waals surface area contributed by atoms with Crippen molar-refractivity contribution in [2.45, 2.75) is 16.7 Å². The maximum atomic E-state index is 12.5. The molecule has 1 aromatic carbocycles. The van der Waals surface area contributed by atoms with Gasteiger partial charge in [-0.05, 0) is 24.6 Å². The van der Waals surface area contributed by atoms with Gasteiger partial charge in [-0.15, -0.1) is 11.8 Å². The number of nitrogens with zero attached hydrogens (tertiary/aromatic N) is 1. The molecule has 0 aromatic heterocycles. The number of thioether (sulfide) groups is 1. The van der Waals surface area contributed by atoms with Crippen molar-refractivity contribution in [3.8, 4) is 0 Å². The predicted octanol–water partition coefficient (Wildman–Crippen LogP) is -4.09. The number of benzene rings is 1. The van der Waals surface area contributed by atoms with E-state index in [0.29, 0.717) is 23.7 Å². The molecule has 0 atom stereocenters. The van der Waals surface area contributed by atoms with Crippen molar-refractivity contribution in [2.75, 3.05) is 18.8 Å². The van der Waals surface area contributed by atoms with E-state index in [9.17, 15) is 18.3 Å². The monoisotopic (exact) mass is 403 g/mol. The standard InChI is InChI=1S/C12H14ClN3O4S2.Na.H2O/c1-7-4-10(9(5-8(7)13)21-6-11(17)18)22(19,20)16-12-14-2-3-15-12;;/h4-5H,2-3,6H2,1H3,(H,17,18)(H2,14,15,16);;1H2/q;+1;/p-1. The Morgan fingerprint density at radius 2 is 2.17 bits per heavy atom. The number of hydrogen-bond acceptors (Lipinski definition) is 7. The molecule has 0 aliphatic carbocycles. The summed E-state index contributed by atoms with van der Waals surface area (Å²) in [4.78, 5) is 14.8. The molecule has 0 radical (unpaired) electrons. The zero-order chi connectivity index (χ0) is 16.3. The topological polar surface area (TPSA) is 142 Å². The van der Waals surface area contributed by atoms with Crippen molar-refractivity contribution < 1.29 is 53.4 Å². The number of aliphatic imine (C=N–C) groups is 1. The number of aliphatic carboxylic acids is 1. The zero-order valence-corrected chi connectivity index (χ0v) is 17.4. The van der Waals surface area contributed by atoms with Crippen LogP contribution >= 0.6 is 23.4 Å². The van der Waals surface area contributed by atoms with Crippen LogP contribution in [-0.4, -0.2) is 44.7 Å². The van der Waals surface area contributed by atoms with Crippen molar-refractivity contribution in [1.29, 1.82) is 0 Å². The van der Waals surface area contributed by atoms with Gasteiger partial charge in [0.25, 0.3) is 10.0 Å². The Bertz CT molecular complexity index is 742. The second-order valence-corrected chi connectivity index (χ2v) is 7.55. The molecule has 128 valence electrons. The summed E-state index contributed by atoms with van der Waals surface area (Å²) in [7, 11) is -3.90. The van der Waals surface area contributed by atoms with Crippen LogP contribution in [0.1, 0.15) is 5.56 Å². The molecule has 8 nitrogen and oxygen atoms in total. The molecule has 4 N–H and O–H groups in total. The summed E-state index contributed by atoms with van der Waals surface area (Å²) in [6.07, 6.45) is 0. The normalized spacial score (nSPS) is 13.2. The predicted molar refractivity (Wildman–Crippen MR) is 86.2 cm³/mol. The molecule has 0 saturated heterocycles. The number of hydrogen-bond donors (Lipinski definition) is 2. The number of carbonyl (C=O) groups is 1. The molecule has 0 bridgehead atoms. The molecule has 0 spiro atoms. The first kappa shape index (κ1) is 23.5. The SMILES string of the molecule is Cc1cc(S(=O)(=O)NC2=NCCN2)c(SCC(=O)[O-])cc1Cl.O.[Na+]. The van der Waals surface area contributed by atoms with Crippen LogP contribution in [0.25, 0.3) is 0 Å². The summed E-state index contributed by atoms with van der Waals surface area (Å²) in [5, 5.41) is 13.8. The Morgan fingerprint density at radius 1 is 1.50 bits per heavy atom. The molecule has 0 unspecified atom stereocenters. The van der Waals surface area contributed by atoms with Gasteiger partial charge in [0.2, 0.25) is 5.96 Å². The van der Waals surface area contributed by atoms with Crippen LogP contribution in [-0.2, 0) is 14.8 Å². The number of guanidine groups is 1. The van der Waals surface area contributed by atoms with Gasteiger partial charge in [-0.1, -0.05) is 11.6 Å². The Kier molecular flexibility index (Phi) is 9.65. The second-order valence-electron chi connectivity index (χ2n) is 4.47. The zero-order valence-electron chi connectivity index (χ0n) is 13.1. The maximum Gasteiger partial charge on any atom is 1.00 e. The Labute approximate surface area is 171 Å². The first-order valence-corrected chi connectivity index (χ1v) is 9.08. The van der Waals surface area contributed by atoms with Gasteiger partial charge in [-0.25, -0.2) is 13.1 Å². The van der Waals surface area contributed by atoms with Crippen molar-refractivity contribution >= 4 is 45.3 Å². The molecule has 1 aliphatic rings. The summed E-state index contributed by atoms with van der Waals surface area (Å²) in [5.74, 6) is -1.50. The third kappa shape index (κ3) is 6.10. The Morgan fingerprint density at radius 3 is 2.71 bits per heavy atom. The van der Waals surface area contributed by atoms with E-state index in [4.69, 9.17) is 11.6 Å². The number of carbonyl (C=O) groups excluding carboxylic acids is 1. The van der Waals surface area contributed by atoms with E-state index in [1.54, 1.807) is 6.92 Å². The quantitative estimate of drug-likeness (QED) is 0.378. The fourth-order valence-corrected chi connectivity index (χ4v) is 4.31.